The first kappa shape index (κ1) is 14.9. The number of aryl methyl sites for hydroxylation is 1. The van der Waals surface area contributed by atoms with Crippen molar-refractivity contribution >= 4 is 41.0 Å². The molecule has 5 heteroatoms. The standard InChI is InChI=1S/C16H15IN2OS/c1-11-2-5-15-18-14-10-12(7-9-21-17)3-4-13(14)16(20)19(15)8-6-11/h3-4,10-11H,2,5-6,8H2,1H3. The maximum atomic E-state index is 12.6. The first-order valence-electron chi connectivity index (χ1n) is 7.01. The molecule has 1 unspecified atom stereocenters. The highest BCUT2D eigenvalue weighted by Gasteiger charge is 2.16. The fourth-order valence-electron chi connectivity index (χ4n) is 2.71. The lowest BCUT2D eigenvalue weighted by atomic mass is 10.0. The van der Waals surface area contributed by atoms with Crippen molar-refractivity contribution in [3.63, 3.8) is 0 Å². The Morgan fingerprint density at radius 1 is 1.43 bits per heavy atom. The molecule has 0 spiro atoms. The van der Waals surface area contributed by atoms with Crippen LogP contribution in [0.5, 0.6) is 0 Å². The average molecular weight is 410 g/mol. The smallest absolute Gasteiger partial charge is 0.261 e. The fourth-order valence-corrected chi connectivity index (χ4v) is 3.20. The Hall–Kier alpha value is -1.00. The molecule has 1 aromatic heterocycles. The summed E-state index contributed by atoms with van der Waals surface area (Å²) in [5.74, 6) is 4.63. The minimum atomic E-state index is 0.0897. The summed E-state index contributed by atoms with van der Waals surface area (Å²) in [6, 6.07) is 5.68. The summed E-state index contributed by atoms with van der Waals surface area (Å²) in [7, 11) is 1.45. The third kappa shape index (κ3) is 3.11. The van der Waals surface area contributed by atoms with E-state index in [0.29, 0.717) is 11.3 Å². The number of rotatable bonds is 0. The van der Waals surface area contributed by atoms with Gasteiger partial charge in [-0.3, -0.25) is 9.36 Å². The summed E-state index contributed by atoms with van der Waals surface area (Å²) < 4.78 is 1.86. The Kier molecular flexibility index (Phi) is 4.55. The van der Waals surface area contributed by atoms with E-state index in [4.69, 9.17) is 4.98 Å². The molecule has 0 fully saturated rings. The molecule has 1 aliphatic heterocycles. The zero-order valence-electron chi connectivity index (χ0n) is 11.7. The highest BCUT2D eigenvalue weighted by Crippen LogP contribution is 2.19. The summed E-state index contributed by atoms with van der Waals surface area (Å²) in [5, 5.41) is 3.66. The number of hydrogen-bond acceptors (Lipinski definition) is 3. The monoisotopic (exact) mass is 410 g/mol. The van der Waals surface area contributed by atoms with Gasteiger partial charge in [-0.2, -0.15) is 0 Å². The largest absolute Gasteiger partial charge is 0.296 e. The maximum absolute atomic E-state index is 12.6. The van der Waals surface area contributed by atoms with Crippen molar-refractivity contribution in [3.05, 3.63) is 39.9 Å². The quantitative estimate of drug-likeness (QED) is 0.490. The minimum absolute atomic E-state index is 0.0897. The van der Waals surface area contributed by atoms with Crippen LogP contribution in [0, 0.1) is 17.1 Å². The molecule has 0 aliphatic carbocycles. The van der Waals surface area contributed by atoms with Gasteiger partial charge in [0.2, 0.25) is 0 Å². The predicted molar refractivity (Wildman–Crippen MR) is 96.6 cm³/mol. The molecule has 3 nitrogen and oxygen atoms in total. The fraction of sp³-hybridized carbons (Fsp3) is 0.375. The van der Waals surface area contributed by atoms with Crippen molar-refractivity contribution in [3.8, 4) is 11.2 Å². The van der Waals surface area contributed by atoms with Crippen molar-refractivity contribution in [1.29, 1.82) is 0 Å². The molecule has 3 rings (SSSR count). The van der Waals surface area contributed by atoms with Gasteiger partial charge in [-0.05, 0) is 51.1 Å². The van der Waals surface area contributed by atoms with E-state index in [1.54, 1.807) is 0 Å². The van der Waals surface area contributed by atoms with Crippen molar-refractivity contribution in [2.24, 2.45) is 5.92 Å². The number of aromatic nitrogens is 2. The number of benzene rings is 1. The molecule has 2 heterocycles. The van der Waals surface area contributed by atoms with Crippen LogP contribution in [-0.2, 0) is 13.0 Å². The van der Waals surface area contributed by atoms with E-state index in [1.165, 1.54) is 8.93 Å². The molecule has 0 saturated carbocycles. The lowest BCUT2D eigenvalue weighted by Crippen LogP contribution is -2.24. The number of fused-ring (bicyclic) bond motifs is 2. The second-order valence-electron chi connectivity index (χ2n) is 5.45. The van der Waals surface area contributed by atoms with E-state index in [9.17, 15) is 4.79 Å². The van der Waals surface area contributed by atoms with E-state index in [1.807, 2.05) is 22.8 Å². The van der Waals surface area contributed by atoms with Gasteiger partial charge in [0.1, 0.15) is 5.82 Å². The molecular weight excluding hydrogens is 395 g/mol. The molecule has 0 bridgehead atoms. The molecule has 1 aliphatic rings. The van der Waals surface area contributed by atoms with E-state index >= 15 is 0 Å². The van der Waals surface area contributed by atoms with E-state index < -0.39 is 0 Å². The highest BCUT2D eigenvalue weighted by molar-refractivity contribution is 14.2. The lowest BCUT2D eigenvalue weighted by Gasteiger charge is -2.10. The summed E-state index contributed by atoms with van der Waals surface area (Å²) in [6.07, 6.45) is 3.03. The Morgan fingerprint density at radius 3 is 3.10 bits per heavy atom. The summed E-state index contributed by atoms with van der Waals surface area (Å²) in [5.41, 5.74) is 1.77. The normalized spacial score (nSPS) is 17.7. The Balaban J connectivity index is 2.15. The average Bonchev–Trinajstić information content (AvgIpc) is 2.67. The molecule has 108 valence electrons. The third-order valence-electron chi connectivity index (χ3n) is 3.97. The third-order valence-corrected chi connectivity index (χ3v) is 4.81. The molecule has 0 amide bonds. The van der Waals surface area contributed by atoms with E-state index in [0.717, 1.165) is 42.7 Å². The van der Waals surface area contributed by atoms with Gasteiger partial charge in [0.25, 0.3) is 5.56 Å². The van der Waals surface area contributed by atoms with Crippen LogP contribution in [0.15, 0.2) is 23.0 Å². The summed E-state index contributed by atoms with van der Waals surface area (Å²) >= 11 is 2.15. The lowest BCUT2D eigenvalue weighted by molar-refractivity contribution is 0.484. The van der Waals surface area contributed by atoms with Crippen LogP contribution in [0.25, 0.3) is 10.9 Å². The van der Waals surface area contributed by atoms with Crippen LogP contribution in [-0.4, -0.2) is 9.55 Å². The molecule has 1 aromatic carbocycles. The predicted octanol–water partition coefficient (Wildman–Crippen LogP) is 3.76. The topological polar surface area (TPSA) is 34.9 Å². The first-order valence-corrected chi connectivity index (χ1v) is 10.4. The molecule has 1 atom stereocenters. The van der Waals surface area contributed by atoms with E-state index in [-0.39, 0.29) is 5.56 Å². The van der Waals surface area contributed by atoms with Gasteiger partial charge in [0.15, 0.2) is 0 Å². The second-order valence-corrected chi connectivity index (χ2v) is 7.13. The van der Waals surface area contributed by atoms with Crippen LogP contribution < -0.4 is 5.56 Å². The Bertz CT molecular complexity index is 803. The van der Waals surface area contributed by atoms with Crippen LogP contribution in [0.3, 0.4) is 0 Å². The van der Waals surface area contributed by atoms with Crippen LogP contribution in [0.4, 0.5) is 0 Å². The zero-order valence-corrected chi connectivity index (χ0v) is 14.7. The van der Waals surface area contributed by atoms with Crippen molar-refractivity contribution in [1.82, 2.24) is 9.55 Å². The van der Waals surface area contributed by atoms with Crippen molar-refractivity contribution in [2.75, 3.05) is 0 Å². The second kappa shape index (κ2) is 6.41. The van der Waals surface area contributed by atoms with Crippen molar-refractivity contribution in [2.45, 2.75) is 32.7 Å². The number of nitrogens with zero attached hydrogens (tertiary/aromatic N) is 2. The molecule has 0 N–H and O–H groups in total. The van der Waals surface area contributed by atoms with Gasteiger partial charge in [0, 0.05) is 39.7 Å². The van der Waals surface area contributed by atoms with Gasteiger partial charge in [-0.15, -0.1) is 0 Å². The zero-order chi connectivity index (χ0) is 14.8. The van der Waals surface area contributed by atoms with E-state index in [2.05, 4.69) is 39.3 Å². The number of hydrogen-bond donors (Lipinski definition) is 0. The van der Waals surface area contributed by atoms with Crippen LogP contribution in [0.2, 0.25) is 0 Å². The SMILES string of the molecule is CC1CCc2nc3cc(C#CSI)ccc3c(=O)n2CC1. The molecule has 2 aromatic rings. The van der Waals surface area contributed by atoms with Gasteiger partial charge < -0.3 is 0 Å². The number of halogens is 1. The first-order chi connectivity index (χ1) is 10.2. The minimum Gasteiger partial charge on any atom is -0.296 e. The van der Waals surface area contributed by atoms with Gasteiger partial charge >= 0.3 is 0 Å². The summed E-state index contributed by atoms with van der Waals surface area (Å²) in [6.45, 7) is 3.03. The highest BCUT2D eigenvalue weighted by atomic mass is 127. The van der Waals surface area contributed by atoms with Gasteiger partial charge in [-0.1, -0.05) is 12.8 Å². The molecule has 0 saturated heterocycles. The van der Waals surface area contributed by atoms with Gasteiger partial charge in [-0.25, -0.2) is 4.98 Å². The molecule has 0 radical (unpaired) electrons. The maximum Gasteiger partial charge on any atom is 0.261 e. The molecular formula is C16H15IN2OS. The Morgan fingerprint density at radius 2 is 2.29 bits per heavy atom. The van der Waals surface area contributed by atoms with Crippen LogP contribution in [0.1, 0.15) is 31.2 Å². The van der Waals surface area contributed by atoms with Crippen LogP contribution >= 0.6 is 30.1 Å². The van der Waals surface area contributed by atoms with Gasteiger partial charge in [0.05, 0.1) is 10.9 Å². The van der Waals surface area contributed by atoms with Crippen molar-refractivity contribution < 1.29 is 0 Å². The summed E-state index contributed by atoms with van der Waals surface area (Å²) in [4.78, 5) is 17.4. The Labute approximate surface area is 140 Å². The molecule has 21 heavy (non-hydrogen) atoms.